The van der Waals surface area contributed by atoms with Crippen molar-refractivity contribution in [1.29, 1.82) is 0 Å². The summed E-state index contributed by atoms with van der Waals surface area (Å²) < 4.78 is 0. The SMILES string of the molecule is CCC(C)NC(=O)c1cc([N+](=O)[O-])ccc1N. The third-order valence-corrected chi connectivity index (χ3v) is 2.48. The minimum Gasteiger partial charge on any atom is -0.398 e. The number of nitrogens with zero attached hydrogens (tertiary/aromatic N) is 1. The second-order valence-corrected chi connectivity index (χ2v) is 3.81. The smallest absolute Gasteiger partial charge is 0.270 e. The lowest BCUT2D eigenvalue weighted by Crippen LogP contribution is -2.32. The third-order valence-electron chi connectivity index (χ3n) is 2.48. The van der Waals surface area contributed by atoms with Crippen LogP contribution >= 0.6 is 0 Å². The van der Waals surface area contributed by atoms with Gasteiger partial charge < -0.3 is 11.1 Å². The number of nitro groups is 1. The van der Waals surface area contributed by atoms with Crippen LogP contribution in [0.25, 0.3) is 0 Å². The first-order valence-electron chi connectivity index (χ1n) is 5.30. The van der Waals surface area contributed by atoms with E-state index < -0.39 is 4.92 Å². The number of hydrogen-bond acceptors (Lipinski definition) is 4. The summed E-state index contributed by atoms with van der Waals surface area (Å²) in [5.74, 6) is -0.388. The van der Waals surface area contributed by atoms with Crippen molar-refractivity contribution in [2.45, 2.75) is 26.3 Å². The lowest BCUT2D eigenvalue weighted by atomic mass is 10.1. The second kappa shape index (κ2) is 5.29. The molecule has 0 aliphatic rings. The van der Waals surface area contributed by atoms with E-state index >= 15 is 0 Å². The monoisotopic (exact) mass is 237 g/mol. The van der Waals surface area contributed by atoms with E-state index in [1.807, 2.05) is 13.8 Å². The number of nitrogen functional groups attached to an aromatic ring is 1. The van der Waals surface area contributed by atoms with Gasteiger partial charge in [-0.05, 0) is 19.4 Å². The van der Waals surface area contributed by atoms with Crippen LogP contribution in [0.15, 0.2) is 18.2 Å². The summed E-state index contributed by atoms with van der Waals surface area (Å²) in [6, 6.07) is 3.83. The van der Waals surface area contributed by atoms with E-state index in [1.165, 1.54) is 18.2 Å². The number of nitro benzene ring substituents is 1. The van der Waals surface area contributed by atoms with Gasteiger partial charge in [0.2, 0.25) is 0 Å². The fourth-order valence-corrected chi connectivity index (χ4v) is 1.26. The van der Waals surface area contributed by atoms with Crippen LogP contribution < -0.4 is 11.1 Å². The van der Waals surface area contributed by atoms with Crippen molar-refractivity contribution in [2.75, 3.05) is 5.73 Å². The van der Waals surface area contributed by atoms with Gasteiger partial charge in [0, 0.05) is 23.9 Å². The summed E-state index contributed by atoms with van der Waals surface area (Å²) in [5, 5.41) is 13.3. The standard InChI is InChI=1S/C11H15N3O3/c1-3-7(2)13-11(15)9-6-8(14(16)17)4-5-10(9)12/h4-7H,3,12H2,1-2H3,(H,13,15). The minimum absolute atomic E-state index is 0.00108. The largest absolute Gasteiger partial charge is 0.398 e. The average Bonchev–Trinajstić information content (AvgIpc) is 2.28. The first-order chi connectivity index (χ1) is 7.95. The molecule has 92 valence electrons. The van der Waals surface area contributed by atoms with Gasteiger partial charge in [-0.1, -0.05) is 6.92 Å². The highest BCUT2D eigenvalue weighted by atomic mass is 16.6. The van der Waals surface area contributed by atoms with Crippen molar-refractivity contribution in [3.63, 3.8) is 0 Å². The summed E-state index contributed by atoms with van der Waals surface area (Å²) in [6.07, 6.45) is 0.778. The fraction of sp³-hybridized carbons (Fsp3) is 0.364. The number of carbonyl (C=O) groups is 1. The number of rotatable bonds is 4. The maximum absolute atomic E-state index is 11.8. The molecule has 0 saturated heterocycles. The minimum atomic E-state index is -0.556. The van der Waals surface area contributed by atoms with Crippen LogP contribution in [0.1, 0.15) is 30.6 Å². The van der Waals surface area contributed by atoms with Crippen molar-refractivity contribution in [2.24, 2.45) is 0 Å². The van der Waals surface area contributed by atoms with Crippen molar-refractivity contribution in [1.82, 2.24) is 5.32 Å². The molecule has 0 bridgehead atoms. The van der Waals surface area contributed by atoms with E-state index in [1.54, 1.807) is 0 Å². The molecule has 1 unspecified atom stereocenters. The summed E-state index contributed by atoms with van der Waals surface area (Å²) in [6.45, 7) is 3.78. The van der Waals surface area contributed by atoms with Gasteiger partial charge >= 0.3 is 0 Å². The van der Waals surface area contributed by atoms with E-state index in [2.05, 4.69) is 5.32 Å². The molecule has 6 nitrogen and oxygen atoms in total. The van der Waals surface area contributed by atoms with Gasteiger partial charge in [-0.3, -0.25) is 14.9 Å². The van der Waals surface area contributed by atoms with Gasteiger partial charge in [0.15, 0.2) is 0 Å². The highest BCUT2D eigenvalue weighted by molar-refractivity contribution is 5.99. The molecule has 6 heteroatoms. The molecular formula is C11H15N3O3. The van der Waals surface area contributed by atoms with Crippen LogP contribution in [0.5, 0.6) is 0 Å². The summed E-state index contributed by atoms with van der Waals surface area (Å²) in [4.78, 5) is 21.8. The number of nitrogens with two attached hydrogens (primary N) is 1. The zero-order valence-corrected chi connectivity index (χ0v) is 9.77. The molecule has 1 amide bonds. The Hall–Kier alpha value is -2.11. The molecule has 0 aromatic heterocycles. The number of non-ortho nitro benzene ring substituents is 1. The maximum atomic E-state index is 11.8. The second-order valence-electron chi connectivity index (χ2n) is 3.81. The predicted molar refractivity (Wildman–Crippen MR) is 64.7 cm³/mol. The molecule has 3 N–H and O–H groups in total. The van der Waals surface area contributed by atoms with Crippen molar-refractivity contribution in [3.8, 4) is 0 Å². The maximum Gasteiger partial charge on any atom is 0.270 e. The summed E-state index contributed by atoms with van der Waals surface area (Å²) >= 11 is 0. The van der Waals surface area contributed by atoms with Crippen LogP contribution in [-0.4, -0.2) is 16.9 Å². The Kier molecular flexibility index (Phi) is 4.03. The van der Waals surface area contributed by atoms with E-state index in [-0.39, 0.29) is 28.9 Å². The molecule has 17 heavy (non-hydrogen) atoms. The molecule has 1 atom stereocenters. The van der Waals surface area contributed by atoms with Gasteiger partial charge in [-0.15, -0.1) is 0 Å². The van der Waals surface area contributed by atoms with Crippen molar-refractivity contribution >= 4 is 17.3 Å². The Morgan fingerprint density at radius 1 is 1.59 bits per heavy atom. The zero-order valence-electron chi connectivity index (χ0n) is 9.77. The molecule has 1 aromatic rings. The highest BCUT2D eigenvalue weighted by Gasteiger charge is 2.16. The Morgan fingerprint density at radius 3 is 2.76 bits per heavy atom. The number of anilines is 1. The lowest BCUT2D eigenvalue weighted by molar-refractivity contribution is -0.384. The summed E-state index contributed by atoms with van der Waals surface area (Å²) in [5.41, 5.74) is 5.85. The fourth-order valence-electron chi connectivity index (χ4n) is 1.26. The van der Waals surface area contributed by atoms with Crippen LogP contribution in [0.2, 0.25) is 0 Å². The van der Waals surface area contributed by atoms with Gasteiger partial charge in [0.1, 0.15) is 0 Å². The molecule has 0 aliphatic heterocycles. The Balaban J connectivity index is 3.00. The quantitative estimate of drug-likeness (QED) is 0.473. The predicted octanol–water partition coefficient (Wildman–Crippen LogP) is 1.71. The van der Waals surface area contributed by atoms with Gasteiger partial charge in [-0.25, -0.2) is 0 Å². The molecule has 0 radical (unpaired) electrons. The number of amides is 1. The Labute approximate surface area is 99.0 Å². The van der Waals surface area contributed by atoms with Crippen molar-refractivity contribution in [3.05, 3.63) is 33.9 Å². The molecule has 0 spiro atoms. The van der Waals surface area contributed by atoms with E-state index in [4.69, 9.17) is 5.73 Å². The van der Waals surface area contributed by atoms with Gasteiger partial charge in [-0.2, -0.15) is 0 Å². The normalized spacial score (nSPS) is 11.9. The number of benzene rings is 1. The van der Waals surface area contributed by atoms with E-state index in [9.17, 15) is 14.9 Å². The molecule has 0 aliphatic carbocycles. The zero-order chi connectivity index (χ0) is 13.0. The van der Waals surface area contributed by atoms with Gasteiger partial charge in [0.25, 0.3) is 11.6 Å². The molecule has 1 aromatic carbocycles. The van der Waals surface area contributed by atoms with Crippen LogP contribution in [-0.2, 0) is 0 Å². The van der Waals surface area contributed by atoms with Crippen LogP contribution in [0.3, 0.4) is 0 Å². The average molecular weight is 237 g/mol. The van der Waals surface area contributed by atoms with Crippen LogP contribution in [0, 0.1) is 10.1 Å². The first kappa shape index (κ1) is 13.0. The number of hydrogen-bond donors (Lipinski definition) is 2. The molecular weight excluding hydrogens is 222 g/mol. The van der Waals surface area contributed by atoms with Gasteiger partial charge in [0.05, 0.1) is 10.5 Å². The lowest BCUT2D eigenvalue weighted by Gasteiger charge is -2.12. The first-order valence-corrected chi connectivity index (χ1v) is 5.30. The molecule has 1 rings (SSSR count). The van der Waals surface area contributed by atoms with Crippen LogP contribution in [0.4, 0.5) is 11.4 Å². The molecule has 0 saturated carbocycles. The van der Waals surface area contributed by atoms with Crippen molar-refractivity contribution < 1.29 is 9.72 Å². The van der Waals surface area contributed by atoms with E-state index in [0.29, 0.717) is 0 Å². The molecule has 0 heterocycles. The Bertz CT molecular complexity index is 446. The topological polar surface area (TPSA) is 98.3 Å². The van der Waals surface area contributed by atoms with E-state index in [0.717, 1.165) is 6.42 Å². The third kappa shape index (κ3) is 3.17. The molecule has 0 fully saturated rings. The Morgan fingerprint density at radius 2 is 2.24 bits per heavy atom. The number of carbonyl (C=O) groups excluding carboxylic acids is 1. The number of nitrogens with one attached hydrogen (secondary N) is 1. The summed E-state index contributed by atoms with van der Waals surface area (Å²) in [7, 11) is 0. The highest BCUT2D eigenvalue weighted by Crippen LogP contribution is 2.19.